The molecule has 6 nitrogen and oxygen atoms in total. The van der Waals surface area contributed by atoms with Gasteiger partial charge in [-0.1, -0.05) is 6.92 Å². The number of nitriles is 1. The lowest BCUT2D eigenvalue weighted by atomic mass is 10.6. The van der Waals surface area contributed by atoms with Crippen LogP contribution in [0.3, 0.4) is 0 Å². The van der Waals surface area contributed by atoms with Crippen molar-refractivity contribution in [1.29, 1.82) is 5.26 Å². The van der Waals surface area contributed by atoms with E-state index in [4.69, 9.17) is 5.26 Å². The summed E-state index contributed by atoms with van der Waals surface area (Å²) in [7, 11) is -3.66. The fourth-order valence-corrected chi connectivity index (χ4v) is 1.97. The number of rotatable bonds is 6. The van der Waals surface area contributed by atoms with Gasteiger partial charge in [0.25, 0.3) is 0 Å². The summed E-state index contributed by atoms with van der Waals surface area (Å²) in [5.41, 5.74) is 0. The molecule has 0 fully saturated rings. The molecule has 0 radical (unpaired) electrons. The normalized spacial score (nSPS) is 11.1. The van der Waals surface area contributed by atoms with Gasteiger partial charge < -0.3 is 4.74 Å². The van der Waals surface area contributed by atoms with Gasteiger partial charge in [-0.05, 0) is 6.92 Å². The van der Waals surface area contributed by atoms with E-state index in [1.54, 1.807) is 19.9 Å². The molecule has 0 aliphatic carbocycles. The molecule has 0 saturated heterocycles. The summed E-state index contributed by atoms with van der Waals surface area (Å²) in [4.78, 5) is 11.1. The Hall–Kier alpha value is -1.13. The molecule has 0 aromatic carbocycles. The van der Waals surface area contributed by atoms with Gasteiger partial charge in [-0.2, -0.15) is 9.57 Å². The van der Waals surface area contributed by atoms with Crippen LogP contribution in [-0.2, 0) is 19.6 Å². The summed E-state index contributed by atoms with van der Waals surface area (Å²) in [6.07, 6.45) is 0. The van der Waals surface area contributed by atoms with Crippen molar-refractivity contribution in [3.05, 3.63) is 0 Å². The SMILES string of the molecule is CCOC(=O)CN(CC)S(=O)(=O)CC#N. The van der Waals surface area contributed by atoms with Crippen LogP contribution < -0.4 is 0 Å². The standard InChI is InChI=1S/C8H14N2O4S/c1-3-10(7-8(11)14-4-2)15(12,13)6-5-9/h3-4,6-7H2,1-2H3. The van der Waals surface area contributed by atoms with Crippen molar-refractivity contribution in [2.75, 3.05) is 25.4 Å². The summed E-state index contributed by atoms with van der Waals surface area (Å²) < 4.78 is 28.3. The Morgan fingerprint density at radius 3 is 2.47 bits per heavy atom. The van der Waals surface area contributed by atoms with E-state index in [9.17, 15) is 13.2 Å². The number of esters is 1. The Morgan fingerprint density at radius 1 is 1.47 bits per heavy atom. The van der Waals surface area contributed by atoms with Gasteiger partial charge in [0.15, 0.2) is 5.75 Å². The van der Waals surface area contributed by atoms with Crippen LogP contribution in [0, 0.1) is 11.3 Å². The van der Waals surface area contributed by atoms with E-state index in [0.29, 0.717) is 0 Å². The molecule has 0 rings (SSSR count). The highest BCUT2D eigenvalue weighted by atomic mass is 32.2. The van der Waals surface area contributed by atoms with Crippen LogP contribution in [-0.4, -0.2) is 44.1 Å². The zero-order valence-corrected chi connectivity index (χ0v) is 9.58. The van der Waals surface area contributed by atoms with Crippen molar-refractivity contribution in [3.8, 4) is 6.07 Å². The van der Waals surface area contributed by atoms with E-state index in [2.05, 4.69) is 4.74 Å². The lowest BCUT2D eigenvalue weighted by molar-refractivity contribution is -0.143. The third kappa shape index (κ3) is 4.76. The molecule has 7 heteroatoms. The van der Waals surface area contributed by atoms with E-state index < -0.39 is 21.7 Å². The first-order chi connectivity index (χ1) is 6.97. The zero-order chi connectivity index (χ0) is 11.9. The summed E-state index contributed by atoms with van der Waals surface area (Å²) >= 11 is 0. The second-order valence-electron chi connectivity index (χ2n) is 2.65. The van der Waals surface area contributed by atoms with Crippen molar-refractivity contribution in [2.24, 2.45) is 0 Å². The minimum Gasteiger partial charge on any atom is -0.465 e. The fraction of sp³-hybridized carbons (Fsp3) is 0.750. The first kappa shape index (κ1) is 13.9. The molecule has 0 bridgehead atoms. The Kier molecular flexibility index (Phi) is 5.89. The Balaban J connectivity index is 4.51. The van der Waals surface area contributed by atoms with Gasteiger partial charge in [0.1, 0.15) is 6.54 Å². The number of nitrogens with zero attached hydrogens (tertiary/aromatic N) is 2. The van der Waals surface area contributed by atoms with Crippen LogP contribution in [0.4, 0.5) is 0 Å². The van der Waals surface area contributed by atoms with Crippen LogP contribution in [0.5, 0.6) is 0 Å². The fourth-order valence-electron chi connectivity index (χ4n) is 0.930. The molecular formula is C8H14N2O4S. The van der Waals surface area contributed by atoms with Crippen molar-refractivity contribution in [1.82, 2.24) is 4.31 Å². The van der Waals surface area contributed by atoms with E-state index in [1.165, 1.54) is 0 Å². The number of carbonyl (C=O) groups is 1. The number of hydrogen-bond acceptors (Lipinski definition) is 5. The van der Waals surface area contributed by atoms with E-state index in [-0.39, 0.29) is 19.7 Å². The van der Waals surface area contributed by atoms with Crippen LogP contribution in [0.15, 0.2) is 0 Å². The molecule has 0 saturated carbocycles. The third-order valence-electron chi connectivity index (χ3n) is 1.60. The number of ether oxygens (including phenoxy) is 1. The number of likely N-dealkylation sites (N-methyl/N-ethyl adjacent to an activating group) is 1. The van der Waals surface area contributed by atoms with Gasteiger partial charge in [0.05, 0.1) is 12.7 Å². The van der Waals surface area contributed by atoms with E-state index in [0.717, 1.165) is 4.31 Å². The lowest BCUT2D eigenvalue weighted by Gasteiger charge is -2.17. The molecule has 15 heavy (non-hydrogen) atoms. The van der Waals surface area contributed by atoms with E-state index >= 15 is 0 Å². The maximum atomic E-state index is 11.4. The maximum Gasteiger partial charge on any atom is 0.321 e. The summed E-state index contributed by atoms with van der Waals surface area (Å²) in [5, 5.41) is 8.31. The molecule has 0 aromatic heterocycles. The summed E-state index contributed by atoms with van der Waals surface area (Å²) in [6, 6.07) is 1.55. The highest BCUT2D eigenvalue weighted by Gasteiger charge is 2.23. The monoisotopic (exact) mass is 234 g/mol. The predicted octanol–water partition coefficient (Wildman–Crippen LogP) is -0.275. The molecule has 0 atom stereocenters. The molecule has 0 aliphatic rings. The van der Waals surface area contributed by atoms with Crippen LogP contribution >= 0.6 is 0 Å². The minimum absolute atomic E-state index is 0.142. The topological polar surface area (TPSA) is 87.5 Å². The predicted molar refractivity (Wildman–Crippen MR) is 53.3 cm³/mol. The number of sulfonamides is 1. The lowest BCUT2D eigenvalue weighted by Crippen LogP contribution is -2.37. The van der Waals surface area contributed by atoms with Gasteiger partial charge in [-0.25, -0.2) is 8.42 Å². The summed E-state index contributed by atoms with van der Waals surface area (Å²) in [6.45, 7) is 3.23. The van der Waals surface area contributed by atoms with Crippen molar-refractivity contribution >= 4 is 16.0 Å². The van der Waals surface area contributed by atoms with E-state index in [1.807, 2.05) is 0 Å². The number of hydrogen-bond donors (Lipinski definition) is 0. The summed E-state index contributed by atoms with van der Waals surface area (Å²) in [5.74, 6) is -1.24. The molecule has 86 valence electrons. The van der Waals surface area contributed by atoms with Gasteiger partial charge in [0.2, 0.25) is 10.0 Å². The van der Waals surface area contributed by atoms with Crippen LogP contribution in [0.25, 0.3) is 0 Å². The first-order valence-electron chi connectivity index (χ1n) is 4.48. The van der Waals surface area contributed by atoms with Crippen LogP contribution in [0.1, 0.15) is 13.8 Å². The van der Waals surface area contributed by atoms with Gasteiger partial charge in [-0.3, -0.25) is 4.79 Å². The molecule has 0 N–H and O–H groups in total. The highest BCUT2D eigenvalue weighted by Crippen LogP contribution is 2.01. The van der Waals surface area contributed by atoms with Crippen LogP contribution in [0.2, 0.25) is 0 Å². The van der Waals surface area contributed by atoms with Gasteiger partial charge in [0, 0.05) is 6.54 Å². The maximum absolute atomic E-state index is 11.4. The van der Waals surface area contributed by atoms with Gasteiger partial charge in [-0.15, -0.1) is 0 Å². The molecular weight excluding hydrogens is 220 g/mol. The Bertz CT molecular complexity index is 344. The molecule has 0 aromatic rings. The zero-order valence-electron chi connectivity index (χ0n) is 8.76. The molecule has 0 heterocycles. The van der Waals surface area contributed by atoms with Crippen molar-refractivity contribution in [2.45, 2.75) is 13.8 Å². The second-order valence-corrected chi connectivity index (χ2v) is 4.61. The Morgan fingerprint density at radius 2 is 2.07 bits per heavy atom. The second kappa shape index (κ2) is 6.37. The molecule has 0 unspecified atom stereocenters. The van der Waals surface area contributed by atoms with Crippen molar-refractivity contribution < 1.29 is 17.9 Å². The molecule has 0 aliphatic heterocycles. The third-order valence-corrected chi connectivity index (χ3v) is 3.27. The smallest absolute Gasteiger partial charge is 0.321 e. The first-order valence-corrected chi connectivity index (χ1v) is 6.09. The van der Waals surface area contributed by atoms with Gasteiger partial charge >= 0.3 is 5.97 Å². The quantitative estimate of drug-likeness (QED) is 0.590. The molecule has 0 amide bonds. The number of carbonyl (C=O) groups excluding carboxylic acids is 1. The largest absolute Gasteiger partial charge is 0.465 e. The molecule has 0 spiro atoms. The Labute approximate surface area is 89.5 Å². The average Bonchev–Trinajstić information content (AvgIpc) is 2.14. The minimum atomic E-state index is -3.66. The average molecular weight is 234 g/mol. The highest BCUT2D eigenvalue weighted by molar-refractivity contribution is 7.89. The van der Waals surface area contributed by atoms with Crippen molar-refractivity contribution in [3.63, 3.8) is 0 Å².